The number of nitrogen functional groups attached to an aromatic ring is 1. The third-order valence-corrected chi connectivity index (χ3v) is 5.70. The van der Waals surface area contributed by atoms with Gasteiger partial charge >= 0.3 is 0 Å². The molecule has 21 heavy (non-hydrogen) atoms. The summed E-state index contributed by atoms with van der Waals surface area (Å²) in [6.07, 6.45) is 1.91. The van der Waals surface area contributed by atoms with Crippen molar-refractivity contribution in [2.45, 2.75) is 9.79 Å². The highest BCUT2D eigenvalue weighted by Gasteiger charge is 2.21. The Kier molecular flexibility index (Phi) is 4.93. The van der Waals surface area contributed by atoms with E-state index in [1.54, 1.807) is 18.2 Å². The zero-order valence-corrected chi connectivity index (χ0v) is 14.1. The van der Waals surface area contributed by atoms with Gasteiger partial charge in [0.15, 0.2) is 0 Å². The summed E-state index contributed by atoms with van der Waals surface area (Å²) >= 11 is 13.3. The van der Waals surface area contributed by atoms with Crippen molar-refractivity contribution >= 4 is 56.4 Å². The molecule has 0 saturated heterocycles. The number of hydrogen-bond acceptors (Lipinski definition) is 4. The number of anilines is 2. The Morgan fingerprint density at radius 2 is 1.90 bits per heavy atom. The first-order valence-corrected chi connectivity index (χ1v) is 9.22. The van der Waals surface area contributed by atoms with Gasteiger partial charge in [0.25, 0.3) is 10.0 Å². The second-order valence-corrected chi connectivity index (χ2v) is 7.43. The smallest absolute Gasteiger partial charge is 0.263 e. The van der Waals surface area contributed by atoms with Gasteiger partial charge in [0.2, 0.25) is 0 Å². The third kappa shape index (κ3) is 3.58. The number of sulfonamides is 1. The summed E-state index contributed by atoms with van der Waals surface area (Å²) < 4.78 is 27.2. The Hall–Kier alpha value is -1.08. The predicted octanol–water partition coefficient (Wildman–Crippen LogP) is 4.10. The quantitative estimate of drug-likeness (QED) is 0.634. The van der Waals surface area contributed by atoms with Crippen molar-refractivity contribution in [2.24, 2.45) is 0 Å². The van der Waals surface area contributed by atoms with E-state index in [1.807, 2.05) is 12.3 Å². The molecule has 0 amide bonds. The molecule has 0 aromatic heterocycles. The molecule has 112 valence electrons. The fourth-order valence-electron chi connectivity index (χ4n) is 1.65. The number of thioether (sulfide) groups is 1. The minimum Gasteiger partial charge on any atom is -0.396 e. The zero-order chi connectivity index (χ0) is 15.6. The molecule has 2 aromatic rings. The fourth-order valence-corrected chi connectivity index (χ4v) is 3.93. The summed E-state index contributed by atoms with van der Waals surface area (Å²) in [7, 11) is -3.84. The molecule has 0 aliphatic rings. The van der Waals surface area contributed by atoms with Crippen LogP contribution in [0.4, 0.5) is 11.4 Å². The maximum absolute atomic E-state index is 12.4. The number of halogens is 2. The molecule has 0 heterocycles. The van der Waals surface area contributed by atoms with Crippen molar-refractivity contribution in [2.75, 3.05) is 16.7 Å². The van der Waals surface area contributed by atoms with Gasteiger partial charge in [0, 0.05) is 10.6 Å². The first-order chi connectivity index (χ1) is 9.85. The molecular formula is C13H12Cl2N2O2S2. The molecular weight excluding hydrogens is 351 g/mol. The summed E-state index contributed by atoms with van der Waals surface area (Å²) in [5.74, 6) is 0. The van der Waals surface area contributed by atoms with Gasteiger partial charge in [-0.25, -0.2) is 8.42 Å². The molecule has 0 unspecified atom stereocenters. The second kappa shape index (κ2) is 6.36. The van der Waals surface area contributed by atoms with Gasteiger partial charge in [0.05, 0.1) is 15.7 Å². The molecule has 0 bridgehead atoms. The Morgan fingerprint density at radius 3 is 2.57 bits per heavy atom. The lowest BCUT2D eigenvalue weighted by Gasteiger charge is -2.12. The number of nitrogens with two attached hydrogens (primary N) is 1. The SMILES string of the molecule is CSc1cccc(NS(=O)(=O)c2ccc(Cl)c(N)c2Cl)c1. The van der Waals surface area contributed by atoms with Crippen LogP contribution in [0.15, 0.2) is 46.2 Å². The summed E-state index contributed by atoms with van der Waals surface area (Å²) in [4.78, 5) is 0.831. The van der Waals surface area contributed by atoms with Gasteiger partial charge in [-0.1, -0.05) is 29.3 Å². The van der Waals surface area contributed by atoms with Crippen LogP contribution < -0.4 is 10.5 Å². The predicted molar refractivity (Wildman–Crippen MR) is 89.9 cm³/mol. The molecule has 0 atom stereocenters. The maximum Gasteiger partial charge on any atom is 0.263 e. The van der Waals surface area contributed by atoms with Gasteiger partial charge < -0.3 is 5.73 Å². The monoisotopic (exact) mass is 362 g/mol. The molecule has 0 spiro atoms. The third-order valence-electron chi connectivity index (χ3n) is 2.70. The number of benzene rings is 2. The minimum absolute atomic E-state index is 0.0408. The van der Waals surface area contributed by atoms with Crippen molar-refractivity contribution in [3.05, 3.63) is 46.4 Å². The molecule has 0 aliphatic carbocycles. The largest absolute Gasteiger partial charge is 0.396 e. The summed E-state index contributed by atoms with van der Waals surface area (Å²) in [6.45, 7) is 0. The van der Waals surface area contributed by atoms with E-state index in [1.165, 1.54) is 23.9 Å². The van der Waals surface area contributed by atoms with E-state index >= 15 is 0 Å². The molecule has 0 aliphatic heterocycles. The number of nitrogens with one attached hydrogen (secondary N) is 1. The Bertz CT molecular complexity index is 780. The first-order valence-electron chi connectivity index (χ1n) is 5.75. The first kappa shape index (κ1) is 16.3. The van der Waals surface area contributed by atoms with E-state index < -0.39 is 10.0 Å². The van der Waals surface area contributed by atoms with Crippen LogP contribution in [-0.2, 0) is 10.0 Å². The summed E-state index contributed by atoms with van der Waals surface area (Å²) in [5.41, 5.74) is 6.15. The second-order valence-electron chi connectivity index (χ2n) is 4.11. The zero-order valence-electron chi connectivity index (χ0n) is 10.9. The highest BCUT2D eigenvalue weighted by Crippen LogP contribution is 2.34. The van der Waals surface area contributed by atoms with Gasteiger partial charge in [0.1, 0.15) is 4.90 Å². The molecule has 0 radical (unpaired) electrons. The van der Waals surface area contributed by atoms with Crippen LogP contribution in [0, 0.1) is 0 Å². The molecule has 0 fully saturated rings. The summed E-state index contributed by atoms with van der Waals surface area (Å²) in [5, 5.41) is 0.124. The van der Waals surface area contributed by atoms with E-state index in [0.29, 0.717) is 5.69 Å². The standard InChI is InChI=1S/C13H12Cl2N2O2S2/c1-20-9-4-2-3-8(7-9)17-21(18,19)11-6-5-10(14)13(16)12(11)15/h2-7,17H,16H2,1H3. The van der Waals surface area contributed by atoms with Crippen molar-refractivity contribution in [1.29, 1.82) is 0 Å². The summed E-state index contributed by atoms with van der Waals surface area (Å²) in [6, 6.07) is 9.76. The van der Waals surface area contributed by atoms with E-state index in [0.717, 1.165) is 4.90 Å². The van der Waals surface area contributed by atoms with Gasteiger partial charge in [-0.2, -0.15) is 0 Å². The lowest BCUT2D eigenvalue weighted by molar-refractivity contribution is 0.601. The van der Waals surface area contributed by atoms with E-state index in [4.69, 9.17) is 28.9 Å². The van der Waals surface area contributed by atoms with Gasteiger partial charge in [-0.15, -0.1) is 11.8 Å². The van der Waals surface area contributed by atoms with Gasteiger partial charge in [-0.05, 0) is 36.6 Å². The highest BCUT2D eigenvalue weighted by molar-refractivity contribution is 7.98. The maximum atomic E-state index is 12.4. The minimum atomic E-state index is -3.84. The van der Waals surface area contributed by atoms with Crippen molar-refractivity contribution in [1.82, 2.24) is 0 Å². The van der Waals surface area contributed by atoms with Crippen LogP contribution in [0.2, 0.25) is 10.0 Å². The molecule has 2 rings (SSSR count). The molecule has 4 nitrogen and oxygen atoms in total. The van der Waals surface area contributed by atoms with Crippen LogP contribution in [0.25, 0.3) is 0 Å². The lowest BCUT2D eigenvalue weighted by atomic mass is 10.3. The highest BCUT2D eigenvalue weighted by atomic mass is 35.5. The Labute approximate surface area is 137 Å². The average Bonchev–Trinajstić information content (AvgIpc) is 2.44. The van der Waals surface area contributed by atoms with E-state index in [-0.39, 0.29) is 20.6 Å². The van der Waals surface area contributed by atoms with E-state index in [2.05, 4.69) is 4.72 Å². The van der Waals surface area contributed by atoms with Gasteiger partial charge in [-0.3, -0.25) is 4.72 Å². The molecule has 3 N–H and O–H groups in total. The number of hydrogen-bond donors (Lipinski definition) is 2. The fraction of sp³-hybridized carbons (Fsp3) is 0.0769. The van der Waals surface area contributed by atoms with Crippen molar-refractivity contribution < 1.29 is 8.42 Å². The van der Waals surface area contributed by atoms with Crippen LogP contribution in [0.3, 0.4) is 0 Å². The Balaban J connectivity index is 2.41. The molecule has 0 saturated carbocycles. The topological polar surface area (TPSA) is 72.2 Å². The van der Waals surface area contributed by atoms with Crippen LogP contribution in [0.1, 0.15) is 0 Å². The van der Waals surface area contributed by atoms with Crippen LogP contribution in [0.5, 0.6) is 0 Å². The van der Waals surface area contributed by atoms with Crippen molar-refractivity contribution in [3.63, 3.8) is 0 Å². The Morgan fingerprint density at radius 1 is 1.19 bits per heavy atom. The number of rotatable bonds is 4. The molecule has 8 heteroatoms. The van der Waals surface area contributed by atoms with Crippen LogP contribution >= 0.6 is 35.0 Å². The normalized spacial score (nSPS) is 11.4. The molecule has 2 aromatic carbocycles. The lowest BCUT2D eigenvalue weighted by Crippen LogP contribution is -2.14. The van der Waals surface area contributed by atoms with Crippen molar-refractivity contribution in [3.8, 4) is 0 Å². The average molecular weight is 363 g/mol. The van der Waals surface area contributed by atoms with E-state index in [9.17, 15) is 8.42 Å². The van der Waals surface area contributed by atoms with Crippen LogP contribution in [-0.4, -0.2) is 14.7 Å².